The number of rotatable bonds is 1. The van der Waals surface area contributed by atoms with Crippen LogP contribution in [0, 0.1) is 0 Å². The van der Waals surface area contributed by atoms with Crippen LogP contribution in [0.25, 0.3) is 60.4 Å². The molecule has 0 radical (unpaired) electrons. The predicted molar refractivity (Wildman–Crippen MR) is 152 cm³/mol. The highest BCUT2D eigenvalue weighted by Gasteiger charge is 2.37. The molecule has 0 N–H and O–H groups in total. The molecule has 1 aliphatic rings. The van der Waals surface area contributed by atoms with E-state index in [1.54, 1.807) is 0 Å². The van der Waals surface area contributed by atoms with E-state index in [2.05, 4.69) is 133 Å². The van der Waals surface area contributed by atoms with Crippen molar-refractivity contribution >= 4 is 43.6 Å². The molecule has 5 aromatic carbocycles. The maximum Gasteiger partial charge on any atom is 0.0541 e. The zero-order valence-corrected chi connectivity index (χ0v) is 20.7. The summed E-state index contributed by atoms with van der Waals surface area (Å²) in [6.45, 7) is 4.76. The summed E-state index contributed by atoms with van der Waals surface area (Å²) in [5.74, 6) is 0. The van der Waals surface area contributed by atoms with Gasteiger partial charge in [0.1, 0.15) is 0 Å². The van der Waals surface area contributed by atoms with E-state index in [-0.39, 0.29) is 5.41 Å². The van der Waals surface area contributed by atoms with Crippen molar-refractivity contribution in [3.05, 3.63) is 114 Å². The Labute approximate surface area is 210 Å². The summed E-state index contributed by atoms with van der Waals surface area (Å²) in [4.78, 5) is 0. The summed E-state index contributed by atoms with van der Waals surface area (Å²) < 4.78 is 4.78. The molecule has 2 heterocycles. The van der Waals surface area contributed by atoms with Crippen molar-refractivity contribution < 1.29 is 0 Å². The molecule has 0 unspecified atom stereocenters. The van der Waals surface area contributed by atoms with Gasteiger partial charge in [-0.25, -0.2) is 0 Å². The lowest BCUT2D eigenvalue weighted by Gasteiger charge is -2.22. The van der Waals surface area contributed by atoms with Gasteiger partial charge < -0.3 is 9.13 Å². The quantitative estimate of drug-likeness (QED) is 0.231. The second-order valence-corrected chi connectivity index (χ2v) is 10.7. The Kier molecular flexibility index (Phi) is 3.70. The third kappa shape index (κ3) is 2.32. The minimum absolute atomic E-state index is 0.0530. The van der Waals surface area contributed by atoms with E-state index in [9.17, 15) is 0 Å². The molecule has 2 heteroatoms. The van der Waals surface area contributed by atoms with Crippen LogP contribution in [0.5, 0.6) is 0 Å². The van der Waals surface area contributed by atoms with Crippen LogP contribution in [0.2, 0.25) is 0 Å². The number of fused-ring (bicyclic) bond motifs is 10. The zero-order chi connectivity index (χ0) is 24.2. The summed E-state index contributed by atoms with van der Waals surface area (Å²) in [5, 5.41) is 5.30. The van der Waals surface area contributed by atoms with Crippen molar-refractivity contribution in [2.45, 2.75) is 19.3 Å². The minimum atomic E-state index is -0.0530. The summed E-state index contributed by atoms with van der Waals surface area (Å²) in [6.07, 6.45) is 0. The summed E-state index contributed by atoms with van der Waals surface area (Å²) >= 11 is 0. The highest BCUT2D eigenvalue weighted by atomic mass is 15.0. The second-order valence-electron chi connectivity index (χ2n) is 10.7. The second kappa shape index (κ2) is 6.67. The number of nitrogens with zero attached hydrogens (tertiary/aromatic N) is 2. The molecule has 2 aromatic heterocycles. The molecule has 0 spiro atoms. The molecule has 36 heavy (non-hydrogen) atoms. The molecule has 8 rings (SSSR count). The fourth-order valence-corrected chi connectivity index (χ4v) is 6.90. The van der Waals surface area contributed by atoms with Gasteiger partial charge in [-0.2, -0.15) is 0 Å². The fraction of sp³-hybridized carbons (Fsp3) is 0.118. The Balaban J connectivity index is 1.51. The molecule has 172 valence electrons. The molecule has 0 bridgehead atoms. The minimum Gasteiger partial charge on any atom is -0.344 e. The van der Waals surface area contributed by atoms with Gasteiger partial charge in [-0.1, -0.05) is 80.6 Å². The van der Waals surface area contributed by atoms with E-state index in [0.29, 0.717) is 0 Å². The summed E-state index contributed by atoms with van der Waals surface area (Å²) in [5.41, 5.74) is 11.8. The number of para-hydroxylation sites is 2. The first-order chi connectivity index (χ1) is 17.6. The maximum atomic E-state index is 2.42. The molecule has 1 aliphatic carbocycles. The average Bonchev–Trinajstić information content (AvgIpc) is 3.48. The molecule has 2 nitrogen and oxygen atoms in total. The molecule has 0 atom stereocenters. The van der Waals surface area contributed by atoms with Gasteiger partial charge in [0.05, 0.1) is 11.0 Å². The van der Waals surface area contributed by atoms with Crippen LogP contribution in [-0.2, 0) is 12.5 Å². The Morgan fingerprint density at radius 3 is 1.94 bits per heavy atom. The number of aryl methyl sites for hydroxylation is 1. The van der Waals surface area contributed by atoms with Crippen molar-refractivity contribution in [3.63, 3.8) is 0 Å². The molecule has 7 aromatic rings. The van der Waals surface area contributed by atoms with Crippen molar-refractivity contribution in [1.29, 1.82) is 0 Å². The topological polar surface area (TPSA) is 9.86 Å². The smallest absolute Gasteiger partial charge is 0.0541 e. The van der Waals surface area contributed by atoms with Gasteiger partial charge in [0.15, 0.2) is 0 Å². The van der Waals surface area contributed by atoms with E-state index in [1.165, 1.54) is 71.6 Å². The molecule has 0 saturated carbocycles. The first-order valence-electron chi connectivity index (χ1n) is 12.7. The fourth-order valence-electron chi connectivity index (χ4n) is 6.90. The Hall–Kier alpha value is -4.30. The van der Waals surface area contributed by atoms with Crippen molar-refractivity contribution in [2.24, 2.45) is 7.05 Å². The number of benzene rings is 5. The number of hydrogen-bond acceptors (Lipinski definition) is 0. The molecule has 0 amide bonds. The van der Waals surface area contributed by atoms with Crippen molar-refractivity contribution in [3.8, 4) is 16.8 Å². The van der Waals surface area contributed by atoms with E-state index >= 15 is 0 Å². The molecule has 0 saturated heterocycles. The third-order valence-corrected chi connectivity index (χ3v) is 8.51. The first kappa shape index (κ1) is 19.9. The highest BCUT2D eigenvalue weighted by molar-refractivity contribution is 6.15. The Morgan fingerprint density at radius 1 is 0.556 bits per heavy atom. The summed E-state index contributed by atoms with van der Waals surface area (Å²) in [7, 11) is 2.20. The van der Waals surface area contributed by atoms with Gasteiger partial charge in [0.2, 0.25) is 0 Å². The average molecular weight is 463 g/mol. The number of aromatic nitrogens is 2. The lowest BCUT2D eigenvalue weighted by Crippen LogP contribution is -2.15. The monoisotopic (exact) mass is 462 g/mol. The van der Waals surface area contributed by atoms with Crippen molar-refractivity contribution in [1.82, 2.24) is 9.13 Å². The highest BCUT2D eigenvalue weighted by Crippen LogP contribution is 2.52. The van der Waals surface area contributed by atoms with Crippen molar-refractivity contribution in [2.75, 3.05) is 0 Å². The van der Waals surface area contributed by atoms with Crippen LogP contribution in [0.4, 0.5) is 0 Å². The van der Waals surface area contributed by atoms with Gasteiger partial charge in [0, 0.05) is 50.7 Å². The van der Waals surface area contributed by atoms with Gasteiger partial charge in [-0.05, 0) is 58.7 Å². The molecular weight excluding hydrogens is 436 g/mol. The molecular formula is C34H26N2. The van der Waals surface area contributed by atoms with Crippen LogP contribution >= 0.6 is 0 Å². The summed E-state index contributed by atoms with van der Waals surface area (Å²) in [6, 6.07) is 38.0. The largest absolute Gasteiger partial charge is 0.344 e. The van der Waals surface area contributed by atoms with Gasteiger partial charge in [0.25, 0.3) is 0 Å². The van der Waals surface area contributed by atoms with Gasteiger partial charge in [-0.3, -0.25) is 0 Å². The van der Waals surface area contributed by atoms with E-state index < -0.39 is 0 Å². The molecule has 0 aliphatic heterocycles. The predicted octanol–water partition coefficient (Wildman–Crippen LogP) is 8.73. The number of hydrogen-bond donors (Lipinski definition) is 0. The SMILES string of the molecule is Cn1c2ccc(-n3c4ccccc4c4ccccc43)cc2c2c3c(ccc21)-c1ccccc1C3(C)C. The van der Waals surface area contributed by atoms with E-state index in [4.69, 9.17) is 0 Å². The van der Waals surface area contributed by atoms with E-state index in [0.717, 1.165) is 0 Å². The van der Waals surface area contributed by atoms with E-state index in [1.807, 2.05) is 0 Å². The molecule has 0 fully saturated rings. The van der Waals surface area contributed by atoms with Crippen LogP contribution in [0.1, 0.15) is 25.0 Å². The van der Waals surface area contributed by atoms with Gasteiger partial charge in [-0.15, -0.1) is 0 Å². The Bertz CT molecular complexity index is 1980. The zero-order valence-electron chi connectivity index (χ0n) is 20.7. The van der Waals surface area contributed by atoms with Crippen LogP contribution in [0.3, 0.4) is 0 Å². The van der Waals surface area contributed by atoms with Crippen LogP contribution < -0.4 is 0 Å². The Morgan fingerprint density at radius 2 is 1.19 bits per heavy atom. The normalized spacial score (nSPS) is 14.2. The van der Waals surface area contributed by atoms with Gasteiger partial charge >= 0.3 is 0 Å². The lowest BCUT2D eigenvalue weighted by atomic mass is 9.80. The maximum absolute atomic E-state index is 2.42. The van der Waals surface area contributed by atoms with Crippen LogP contribution in [-0.4, -0.2) is 9.13 Å². The van der Waals surface area contributed by atoms with Crippen LogP contribution in [0.15, 0.2) is 103 Å². The first-order valence-corrected chi connectivity index (χ1v) is 12.7. The lowest BCUT2D eigenvalue weighted by molar-refractivity contribution is 0.666. The standard InChI is InChI=1S/C34H26N2/c1-34(2)27-13-7-4-10-22(27)25-17-19-31-32(33(25)34)26-20-21(16-18-28(26)35(31)3)36-29-14-8-5-11-23(29)24-12-6-9-15-30(24)36/h4-20H,1-3H3. The third-order valence-electron chi connectivity index (χ3n) is 8.51.